The van der Waals surface area contributed by atoms with Crippen molar-refractivity contribution in [3.8, 4) is 0 Å². The molecule has 21 heavy (non-hydrogen) atoms. The molecule has 4 heteroatoms. The van der Waals surface area contributed by atoms with Gasteiger partial charge in [-0.3, -0.25) is 0 Å². The maximum atomic E-state index is 11.6. The minimum Gasteiger partial charge on any atom is -0.229 e. The van der Waals surface area contributed by atoms with E-state index in [0.717, 1.165) is 12.0 Å². The van der Waals surface area contributed by atoms with Crippen LogP contribution in [0.4, 0.5) is 0 Å². The molecule has 2 rings (SSSR count). The molecule has 0 saturated heterocycles. The molecule has 0 bridgehead atoms. The second-order valence-corrected chi connectivity index (χ2v) is 8.21. The third kappa shape index (κ3) is 4.32. The molecule has 0 fully saturated rings. The topological polar surface area (TPSA) is 34.1 Å². The molecule has 2 nitrogen and oxygen atoms in total. The van der Waals surface area contributed by atoms with Crippen LogP contribution < -0.4 is 0 Å². The molecular formula is C17H19ClO2S. The molecule has 0 aliphatic rings. The van der Waals surface area contributed by atoms with Crippen LogP contribution in [0.2, 0.25) is 0 Å². The largest absolute Gasteiger partial charge is 0.229 e. The number of hydrogen-bond acceptors (Lipinski definition) is 2. The summed E-state index contributed by atoms with van der Waals surface area (Å²) in [4.78, 5) is 0. The second kappa shape index (κ2) is 6.63. The lowest BCUT2D eigenvalue weighted by Crippen LogP contribution is -2.21. The summed E-state index contributed by atoms with van der Waals surface area (Å²) in [6.07, 6.45) is 2.08. The summed E-state index contributed by atoms with van der Waals surface area (Å²) in [6.45, 7) is 1.64. The Hall–Kier alpha value is -1.32. The van der Waals surface area contributed by atoms with E-state index in [0.29, 0.717) is 0 Å². The lowest BCUT2D eigenvalue weighted by molar-refractivity contribution is 0.587. The highest BCUT2D eigenvalue weighted by Gasteiger charge is 2.25. The number of alkyl halides is 1. The highest BCUT2D eigenvalue weighted by Crippen LogP contribution is 2.28. The van der Waals surface area contributed by atoms with E-state index in [1.807, 2.05) is 42.5 Å². The number of halogens is 1. The summed E-state index contributed by atoms with van der Waals surface area (Å²) in [5.41, 5.74) is 3.27. The molecule has 0 spiro atoms. The predicted octanol–water partition coefficient (Wildman–Crippen LogP) is 3.99. The summed E-state index contributed by atoms with van der Waals surface area (Å²) in [5.74, 6) is 0. The Balaban J connectivity index is 2.12. The van der Waals surface area contributed by atoms with Crippen molar-refractivity contribution in [3.63, 3.8) is 0 Å². The molecular weight excluding hydrogens is 304 g/mol. The third-order valence-electron chi connectivity index (χ3n) is 3.64. The molecule has 2 atom stereocenters. The predicted molar refractivity (Wildman–Crippen MR) is 88.6 cm³/mol. The fraction of sp³-hybridized carbons (Fsp3) is 0.294. The smallest absolute Gasteiger partial charge is 0.151 e. The van der Waals surface area contributed by atoms with E-state index >= 15 is 0 Å². The molecule has 0 N–H and O–H groups in total. The van der Waals surface area contributed by atoms with Crippen LogP contribution in [-0.4, -0.2) is 19.9 Å². The maximum Gasteiger partial charge on any atom is 0.151 e. The maximum absolute atomic E-state index is 11.6. The van der Waals surface area contributed by atoms with Crippen LogP contribution in [-0.2, 0) is 16.3 Å². The van der Waals surface area contributed by atoms with Crippen LogP contribution in [0, 0.1) is 0 Å². The number of sulfone groups is 1. The van der Waals surface area contributed by atoms with E-state index in [9.17, 15) is 8.42 Å². The van der Waals surface area contributed by atoms with E-state index in [1.54, 1.807) is 6.92 Å². The first kappa shape index (κ1) is 16.1. The zero-order valence-electron chi connectivity index (χ0n) is 12.2. The first-order valence-corrected chi connectivity index (χ1v) is 9.23. The Bertz CT molecular complexity index is 678. The zero-order valence-corrected chi connectivity index (χ0v) is 13.7. The van der Waals surface area contributed by atoms with Crippen molar-refractivity contribution in [2.75, 3.05) is 6.26 Å². The van der Waals surface area contributed by atoms with E-state index in [-0.39, 0.29) is 0 Å². The van der Waals surface area contributed by atoms with Crippen LogP contribution >= 0.6 is 11.6 Å². The average Bonchev–Trinajstić information content (AvgIpc) is 2.46. The molecule has 2 aromatic rings. The standard InChI is InChI=1S/C17H19ClO2S/c1-13(21(2,19)20)17(18)16-10-8-15(9-11-16)12-14-6-4-3-5-7-14/h3-11,13,17H,12H2,1-2H3. The van der Waals surface area contributed by atoms with Crippen LogP contribution in [0.3, 0.4) is 0 Å². The van der Waals surface area contributed by atoms with Gasteiger partial charge in [0.2, 0.25) is 0 Å². The Morgan fingerprint density at radius 3 is 2.00 bits per heavy atom. The highest BCUT2D eigenvalue weighted by atomic mass is 35.5. The van der Waals surface area contributed by atoms with Crippen LogP contribution in [0.5, 0.6) is 0 Å². The van der Waals surface area contributed by atoms with Crippen molar-refractivity contribution in [2.24, 2.45) is 0 Å². The van der Waals surface area contributed by atoms with Gasteiger partial charge >= 0.3 is 0 Å². The molecule has 2 aromatic carbocycles. The minimum absolute atomic E-state index is 0.522. The fourth-order valence-corrected chi connectivity index (χ4v) is 3.44. The first-order valence-electron chi connectivity index (χ1n) is 6.83. The van der Waals surface area contributed by atoms with Gasteiger partial charge in [-0.25, -0.2) is 8.42 Å². The van der Waals surface area contributed by atoms with Crippen molar-refractivity contribution in [1.82, 2.24) is 0 Å². The molecule has 2 unspecified atom stereocenters. The molecule has 0 heterocycles. The number of hydrogen-bond donors (Lipinski definition) is 0. The zero-order chi connectivity index (χ0) is 15.5. The minimum atomic E-state index is -3.14. The van der Waals surface area contributed by atoms with Crippen LogP contribution in [0.15, 0.2) is 54.6 Å². The summed E-state index contributed by atoms with van der Waals surface area (Å²) in [6, 6.07) is 18.1. The first-order chi connectivity index (χ1) is 9.88. The van der Waals surface area contributed by atoms with Crippen molar-refractivity contribution < 1.29 is 8.42 Å². The van der Waals surface area contributed by atoms with Crippen molar-refractivity contribution >= 4 is 21.4 Å². The normalized spacial score (nSPS) is 14.6. The SMILES string of the molecule is CC(C(Cl)c1ccc(Cc2ccccc2)cc1)S(C)(=O)=O. The van der Waals surface area contributed by atoms with Gasteiger partial charge in [0.15, 0.2) is 9.84 Å². The van der Waals surface area contributed by atoms with Crippen molar-refractivity contribution in [3.05, 3.63) is 71.3 Å². The lowest BCUT2D eigenvalue weighted by Gasteiger charge is -2.17. The van der Waals surface area contributed by atoms with Gasteiger partial charge in [-0.15, -0.1) is 11.6 Å². The van der Waals surface area contributed by atoms with Crippen LogP contribution in [0.25, 0.3) is 0 Å². The summed E-state index contributed by atoms with van der Waals surface area (Å²) < 4.78 is 23.1. The lowest BCUT2D eigenvalue weighted by atomic mass is 10.0. The van der Waals surface area contributed by atoms with Gasteiger partial charge in [0, 0.05) is 6.26 Å². The number of benzene rings is 2. The van der Waals surface area contributed by atoms with E-state index < -0.39 is 20.5 Å². The average molecular weight is 323 g/mol. The Kier molecular flexibility index (Phi) is 5.07. The van der Waals surface area contributed by atoms with Crippen LogP contribution in [0.1, 0.15) is 29.0 Å². The Labute approximate surface area is 131 Å². The van der Waals surface area contributed by atoms with Gasteiger partial charge in [-0.05, 0) is 30.0 Å². The van der Waals surface area contributed by atoms with Gasteiger partial charge in [0.1, 0.15) is 0 Å². The third-order valence-corrected chi connectivity index (χ3v) is 6.04. The second-order valence-electron chi connectivity index (χ2n) is 5.34. The summed E-state index contributed by atoms with van der Waals surface area (Å²) in [7, 11) is -3.14. The quantitative estimate of drug-likeness (QED) is 0.780. The summed E-state index contributed by atoms with van der Waals surface area (Å²) >= 11 is 6.27. The molecule has 0 aromatic heterocycles. The van der Waals surface area contributed by atoms with E-state index in [2.05, 4.69) is 12.1 Å². The molecule has 0 radical (unpaired) electrons. The van der Waals surface area contributed by atoms with Crippen molar-refractivity contribution in [2.45, 2.75) is 24.0 Å². The number of rotatable bonds is 5. The summed E-state index contributed by atoms with van der Waals surface area (Å²) in [5, 5.41) is -1.12. The van der Waals surface area contributed by atoms with Gasteiger partial charge in [0.25, 0.3) is 0 Å². The van der Waals surface area contributed by atoms with Gasteiger partial charge in [-0.2, -0.15) is 0 Å². The highest BCUT2D eigenvalue weighted by molar-refractivity contribution is 7.91. The molecule has 0 saturated carbocycles. The molecule has 112 valence electrons. The molecule has 0 amide bonds. The van der Waals surface area contributed by atoms with Gasteiger partial charge in [0.05, 0.1) is 10.6 Å². The van der Waals surface area contributed by atoms with Crippen molar-refractivity contribution in [1.29, 1.82) is 0 Å². The van der Waals surface area contributed by atoms with Gasteiger partial charge in [-0.1, -0.05) is 54.6 Å². The van der Waals surface area contributed by atoms with Gasteiger partial charge < -0.3 is 0 Å². The van der Waals surface area contributed by atoms with E-state index in [4.69, 9.17) is 11.6 Å². The Morgan fingerprint density at radius 1 is 0.952 bits per heavy atom. The molecule has 0 aliphatic carbocycles. The molecule has 0 aliphatic heterocycles. The Morgan fingerprint density at radius 2 is 1.48 bits per heavy atom. The van der Waals surface area contributed by atoms with E-state index in [1.165, 1.54) is 17.4 Å². The monoisotopic (exact) mass is 322 g/mol. The fourth-order valence-electron chi connectivity index (χ4n) is 2.14.